The van der Waals surface area contributed by atoms with Gasteiger partial charge in [0.1, 0.15) is 0 Å². The van der Waals surface area contributed by atoms with E-state index in [1.54, 1.807) is 7.05 Å². The third-order valence-corrected chi connectivity index (χ3v) is 1.14. The molecule has 0 heterocycles. The summed E-state index contributed by atoms with van der Waals surface area (Å²) in [6, 6.07) is 0. The summed E-state index contributed by atoms with van der Waals surface area (Å²) in [5.74, 6) is 0. The largest absolute Gasteiger partial charge is 0.392 e. The molecule has 0 fully saturated rings. The zero-order valence-electron chi connectivity index (χ0n) is 6.13. The normalized spacial score (nSPS) is 12.6. The van der Waals surface area contributed by atoms with Crippen molar-refractivity contribution in [3.63, 3.8) is 0 Å². The van der Waals surface area contributed by atoms with Gasteiger partial charge in [-0.25, -0.2) is 0 Å². The molecule has 0 aromatic heterocycles. The van der Waals surface area contributed by atoms with Crippen LogP contribution in [0, 0.1) is 0 Å². The predicted molar refractivity (Wildman–Crippen MR) is 38.6 cm³/mol. The number of aliphatic hydroxyl groups is 1. The van der Waals surface area contributed by atoms with E-state index in [0.29, 0.717) is 25.9 Å². The van der Waals surface area contributed by atoms with Crippen LogP contribution in [-0.2, 0) is 4.79 Å². The van der Waals surface area contributed by atoms with Gasteiger partial charge in [-0.3, -0.25) is 4.79 Å². The van der Waals surface area contributed by atoms with Crippen molar-refractivity contribution in [3.8, 4) is 0 Å². The average Bonchev–Trinajstić information content (AvgIpc) is 1.89. The second-order valence-corrected chi connectivity index (χ2v) is 2.07. The van der Waals surface area contributed by atoms with Crippen molar-refractivity contribution >= 4 is 6.41 Å². The lowest BCUT2D eigenvalue weighted by Gasteiger charge is -2.07. The monoisotopic (exact) mass is 146 g/mol. The van der Waals surface area contributed by atoms with E-state index in [1.165, 1.54) is 0 Å². The highest BCUT2D eigenvalue weighted by Gasteiger charge is 1.99. The van der Waals surface area contributed by atoms with E-state index in [2.05, 4.69) is 10.6 Å². The predicted octanol–water partition coefficient (Wildman–Crippen LogP) is -1.30. The smallest absolute Gasteiger partial charge is 0.207 e. The SMILES string of the molecule is CNCC(O)CCNC=O. The van der Waals surface area contributed by atoms with Gasteiger partial charge in [-0.15, -0.1) is 0 Å². The number of rotatable bonds is 6. The Hall–Kier alpha value is -0.610. The summed E-state index contributed by atoms with van der Waals surface area (Å²) in [4.78, 5) is 9.74. The Labute approximate surface area is 60.6 Å². The molecule has 0 aliphatic heterocycles. The van der Waals surface area contributed by atoms with E-state index in [0.717, 1.165) is 0 Å². The molecule has 0 saturated carbocycles. The van der Waals surface area contributed by atoms with Gasteiger partial charge in [-0.1, -0.05) is 0 Å². The van der Waals surface area contributed by atoms with Gasteiger partial charge in [0.2, 0.25) is 6.41 Å². The third kappa shape index (κ3) is 5.53. The molecule has 4 heteroatoms. The minimum Gasteiger partial charge on any atom is -0.392 e. The number of hydrogen-bond acceptors (Lipinski definition) is 3. The molecule has 1 atom stereocenters. The van der Waals surface area contributed by atoms with Gasteiger partial charge in [0, 0.05) is 13.1 Å². The summed E-state index contributed by atoms with van der Waals surface area (Å²) >= 11 is 0. The van der Waals surface area contributed by atoms with Crippen molar-refractivity contribution in [1.82, 2.24) is 10.6 Å². The van der Waals surface area contributed by atoms with Crippen LogP contribution in [0.2, 0.25) is 0 Å². The van der Waals surface area contributed by atoms with Gasteiger partial charge in [0.05, 0.1) is 6.10 Å². The summed E-state index contributed by atoms with van der Waals surface area (Å²) in [6.07, 6.45) is 0.864. The molecule has 0 bridgehead atoms. The van der Waals surface area contributed by atoms with Crippen molar-refractivity contribution < 1.29 is 9.90 Å². The molecule has 0 radical (unpaired) electrons. The Morgan fingerprint density at radius 3 is 2.90 bits per heavy atom. The molecule has 60 valence electrons. The number of aliphatic hydroxyl groups excluding tert-OH is 1. The molecule has 1 amide bonds. The van der Waals surface area contributed by atoms with Crippen LogP contribution in [0.4, 0.5) is 0 Å². The molecule has 1 unspecified atom stereocenters. The second-order valence-electron chi connectivity index (χ2n) is 2.07. The lowest BCUT2D eigenvalue weighted by atomic mass is 10.2. The van der Waals surface area contributed by atoms with Crippen LogP contribution in [-0.4, -0.2) is 37.8 Å². The van der Waals surface area contributed by atoms with Crippen LogP contribution in [0.5, 0.6) is 0 Å². The minimum absolute atomic E-state index is 0.363. The Bertz CT molecular complexity index is 87.8. The fraction of sp³-hybridized carbons (Fsp3) is 0.833. The first kappa shape index (κ1) is 9.39. The Morgan fingerprint density at radius 2 is 2.40 bits per heavy atom. The highest BCUT2D eigenvalue weighted by molar-refractivity contribution is 5.45. The number of nitrogens with one attached hydrogen (secondary N) is 2. The maximum atomic E-state index is 9.74. The summed E-state index contributed by atoms with van der Waals surface area (Å²) < 4.78 is 0. The van der Waals surface area contributed by atoms with Crippen molar-refractivity contribution in [1.29, 1.82) is 0 Å². The lowest BCUT2D eigenvalue weighted by Crippen LogP contribution is -2.27. The quantitative estimate of drug-likeness (QED) is 0.322. The molecule has 0 rings (SSSR count). The maximum Gasteiger partial charge on any atom is 0.207 e. The van der Waals surface area contributed by atoms with E-state index in [4.69, 9.17) is 5.11 Å². The summed E-state index contributed by atoms with van der Waals surface area (Å²) in [5.41, 5.74) is 0. The van der Waals surface area contributed by atoms with E-state index < -0.39 is 0 Å². The Morgan fingerprint density at radius 1 is 1.70 bits per heavy atom. The molecule has 0 aromatic carbocycles. The van der Waals surface area contributed by atoms with Gasteiger partial charge < -0.3 is 15.7 Å². The zero-order chi connectivity index (χ0) is 7.82. The van der Waals surface area contributed by atoms with Crippen LogP contribution in [0.15, 0.2) is 0 Å². The number of carbonyl (C=O) groups is 1. The highest BCUT2D eigenvalue weighted by atomic mass is 16.3. The molecular formula is C6H14N2O2. The molecule has 0 aromatic rings. The fourth-order valence-electron chi connectivity index (χ4n) is 0.647. The molecule has 0 aliphatic carbocycles. The standard InChI is InChI=1S/C6H14N2O2/c1-7-4-6(10)2-3-8-5-9/h5-7,10H,2-4H2,1H3,(H,8,9). The Balaban J connectivity index is 3.04. The average molecular weight is 146 g/mol. The van der Waals surface area contributed by atoms with Crippen molar-refractivity contribution in [2.45, 2.75) is 12.5 Å². The molecule has 0 spiro atoms. The maximum absolute atomic E-state index is 9.74. The number of hydrogen-bond donors (Lipinski definition) is 3. The van der Waals surface area contributed by atoms with Gasteiger partial charge in [0.15, 0.2) is 0 Å². The summed E-state index contributed by atoms with van der Waals surface area (Å²) in [6.45, 7) is 1.10. The van der Waals surface area contributed by atoms with Crippen molar-refractivity contribution in [2.24, 2.45) is 0 Å². The first-order valence-electron chi connectivity index (χ1n) is 3.31. The van der Waals surface area contributed by atoms with E-state index in [-0.39, 0.29) is 6.10 Å². The molecule has 0 aliphatic rings. The summed E-state index contributed by atoms with van der Waals surface area (Å²) in [7, 11) is 1.77. The lowest BCUT2D eigenvalue weighted by molar-refractivity contribution is -0.109. The number of carbonyl (C=O) groups excluding carboxylic acids is 1. The molecule has 4 nitrogen and oxygen atoms in total. The zero-order valence-corrected chi connectivity index (χ0v) is 6.13. The topological polar surface area (TPSA) is 61.4 Å². The van der Waals surface area contributed by atoms with Crippen LogP contribution in [0.25, 0.3) is 0 Å². The van der Waals surface area contributed by atoms with Crippen molar-refractivity contribution in [2.75, 3.05) is 20.1 Å². The number of likely N-dealkylation sites (N-methyl/N-ethyl adjacent to an activating group) is 1. The Kier molecular flexibility index (Phi) is 6.11. The molecule has 0 saturated heterocycles. The minimum atomic E-state index is -0.363. The van der Waals surface area contributed by atoms with E-state index in [1.807, 2.05) is 0 Å². The molecule has 3 N–H and O–H groups in total. The van der Waals surface area contributed by atoms with Gasteiger partial charge in [0.25, 0.3) is 0 Å². The number of amides is 1. The van der Waals surface area contributed by atoms with Crippen LogP contribution < -0.4 is 10.6 Å². The first-order valence-corrected chi connectivity index (χ1v) is 3.31. The molecular weight excluding hydrogens is 132 g/mol. The van der Waals surface area contributed by atoms with Gasteiger partial charge in [-0.05, 0) is 13.5 Å². The van der Waals surface area contributed by atoms with Gasteiger partial charge >= 0.3 is 0 Å². The third-order valence-electron chi connectivity index (χ3n) is 1.14. The summed E-state index contributed by atoms with van der Waals surface area (Å²) in [5, 5.41) is 14.4. The van der Waals surface area contributed by atoms with Crippen LogP contribution in [0.3, 0.4) is 0 Å². The highest BCUT2D eigenvalue weighted by Crippen LogP contribution is 1.85. The van der Waals surface area contributed by atoms with Crippen LogP contribution in [0.1, 0.15) is 6.42 Å². The molecule has 10 heavy (non-hydrogen) atoms. The van der Waals surface area contributed by atoms with E-state index in [9.17, 15) is 4.79 Å². The van der Waals surface area contributed by atoms with E-state index >= 15 is 0 Å². The van der Waals surface area contributed by atoms with Crippen molar-refractivity contribution in [3.05, 3.63) is 0 Å². The van der Waals surface area contributed by atoms with Crippen LogP contribution >= 0.6 is 0 Å². The first-order chi connectivity index (χ1) is 4.81. The van der Waals surface area contributed by atoms with Gasteiger partial charge in [-0.2, -0.15) is 0 Å². The fourth-order valence-corrected chi connectivity index (χ4v) is 0.647. The second kappa shape index (κ2) is 6.51.